The molecule has 5 nitrogen and oxygen atoms in total. The van der Waals surface area contributed by atoms with E-state index in [1.54, 1.807) is 43.3 Å². The highest BCUT2D eigenvalue weighted by Gasteiger charge is 2.15. The quantitative estimate of drug-likeness (QED) is 0.759. The Bertz CT molecular complexity index is 605. The van der Waals surface area contributed by atoms with Crippen LogP contribution in [-0.4, -0.2) is 29.8 Å². The van der Waals surface area contributed by atoms with Crippen molar-refractivity contribution in [2.24, 2.45) is 0 Å². The van der Waals surface area contributed by atoms with E-state index in [1.807, 2.05) is 13.1 Å². The SMILES string of the molecule is CCn1cc(CC(=O)c2cc(OC)ccc2OC)cn1. The van der Waals surface area contributed by atoms with E-state index in [-0.39, 0.29) is 5.78 Å². The fourth-order valence-electron chi connectivity index (χ4n) is 1.98. The molecule has 2 rings (SSSR count). The number of ether oxygens (including phenoxy) is 2. The normalized spacial score (nSPS) is 10.3. The van der Waals surface area contributed by atoms with Crippen molar-refractivity contribution in [1.82, 2.24) is 9.78 Å². The first kappa shape index (κ1) is 14.1. The number of hydrogen-bond acceptors (Lipinski definition) is 4. The van der Waals surface area contributed by atoms with Gasteiger partial charge in [-0.05, 0) is 30.7 Å². The summed E-state index contributed by atoms with van der Waals surface area (Å²) in [4.78, 5) is 12.4. The van der Waals surface area contributed by atoms with Crippen LogP contribution < -0.4 is 9.47 Å². The van der Waals surface area contributed by atoms with E-state index >= 15 is 0 Å². The summed E-state index contributed by atoms with van der Waals surface area (Å²) in [6, 6.07) is 5.21. The van der Waals surface area contributed by atoms with E-state index in [4.69, 9.17) is 9.47 Å². The van der Waals surface area contributed by atoms with Gasteiger partial charge in [0.15, 0.2) is 5.78 Å². The van der Waals surface area contributed by atoms with Crippen molar-refractivity contribution in [3.8, 4) is 11.5 Å². The summed E-state index contributed by atoms with van der Waals surface area (Å²) in [5.74, 6) is 1.17. The molecule has 106 valence electrons. The molecule has 1 aromatic carbocycles. The molecule has 0 bridgehead atoms. The molecule has 5 heteroatoms. The third-order valence-electron chi connectivity index (χ3n) is 3.08. The molecule has 0 aliphatic carbocycles. The Morgan fingerprint density at radius 1 is 1.30 bits per heavy atom. The summed E-state index contributed by atoms with van der Waals surface area (Å²) in [7, 11) is 3.12. The number of methoxy groups -OCH3 is 2. The van der Waals surface area contributed by atoms with Crippen LogP contribution in [0.1, 0.15) is 22.8 Å². The average molecular weight is 274 g/mol. The first-order valence-electron chi connectivity index (χ1n) is 6.44. The van der Waals surface area contributed by atoms with Crippen molar-refractivity contribution in [2.75, 3.05) is 14.2 Å². The van der Waals surface area contributed by atoms with Crippen LogP contribution in [0, 0.1) is 0 Å². The number of ketones is 1. The molecule has 0 radical (unpaired) electrons. The second kappa shape index (κ2) is 6.23. The van der Waals surface area contributed by atoms with Gasteiger partial charge in [-0.3, -0.25) is 9.48 Å². The summed E-state index contributed by atoms with van der Waals surface area (Å²) in [6.07, 6.45) is 3.89. The van der Waals surface area contributed by atoms with Crippen molar-refractivity contribution in [3.63, 3.8) is 0 Å². The maximum absolute atomic E-state index is 12.4. The Labute approximate surface area is 118 Å². The minimum atomic E-state index is -0.0172. The van der Waals surface area contributed by atoms with Gasteiger partial charge >= 0.3 is 0 Å². The van der Waals surface area contributed by atoms with Gasteiger partial charge in [0.1, 0.15) is 11.5 Å². The van der Waals surface area contributed by atoms with E-state index in [9.17, 15) is 4.79 Å². The molecule has 2 aromatic rings. The van der Waals surface area contributed by atoms with Crippen LogP contribution >= 0.6 is 0 Å². The minimum Gasteiger partial charge on any atom is -0.497 e. The van der Waals surface area contributed by atoms with Gasteiger partial charge in [-0.2, -0.15) is 5.10 Å². The van der Waals surface area contributed by atoms with E-state index in [0.29, 0.717) is 23.5 Å². The highest BCUT2D eigenvalue weighted by molar-refractivity contribution is 6.00. The summed E-state index contributed by atoms with van der Waals surface area (Å²) < 4.78 is 12.2. The molecule has 20 heavy (non-hydrogen) atoms. The average Bonchev–Trinajstić information content (AvgIpc) is 2.94. The Kier molecular flexibility index (Phi) is 4.40. The van der Waals surface area contributed by atoms with E-state index in [1.165, 1.54) is 0 Å². The lowest BCUT2D eigenvalue weighted by molar-refractivity contribution is 0.0989. The molecule has 0 unspecified atom stereocenters. The first-order valence-corrected chi connectivity index (χ1v) is 6.44. The number of rotatable bonds is 6. The van der Waals surface area contributed by atoms with Crippen molar-refractivity contribution in [1.29, 1.82) is 0 Å². The number of aromatic nitrogens is 2. The first-order chi connectivity index (χ1) is 9.67. The molecule has 1 aromatic heterocycles. The van der Waals surface area contributed by atoms with Crippen LogP contribution in [0.5, 0.6) is 11.5 Å². The van der Waals surface area contributed by atoms with Crippen molar-refractivity contribution < 1.29 is 14.3 Å². The smallest absolute Gasteiger partial charge is 0.171 e. The number of nitrogens with zero attached hydrogens (tertiary/aromatic N) is 2. The van der Waals surface area contributed by atoms with Crippen LogP contribution in [-0.2, 0) is 13.0 Å². The van der Waals surface area contributed by atoms with Gasteiger partial charge in [0.25, 0.3) is 0 Å². The standard InChI is InChI=1S/C15H18N2O3/c1-4-17-10-11(9-16-17)7-14(18)13-8-12(19-2)5-6-15(13)20-3/h5-6,8-10H,4,7H2,1-3H3. The highest BCUT2D eigenvalue weighted by Crippen LogP contribution is 2.25. The molecule has 0 aliphatic heterocycles. The zero-order chi connectivity index (χ0) is 14.5. The lowest BCUT2D eigenvalue weighted by atomic mass is 10.0. The fourth-order valence-corrected chi connectivity index (χ4v) is 1.98. The van der Waals surface area contributed by atoms with Crippen LogP contribution in [0.3, 0.4) is 0 Å². The van der Waals surface area contributed by atoms with Gasteiger partial charge in [0.05, 0.1) is 26.0 Å². The van der Waals surface area contributed by atoms with Gasteiger partial charge in [0.2, 0.25) is 0 Å². The zero-order valence-corrected chi connectivity index (χ0v) is 11.9. The van der Waals surface area contributed by atoms with Crippen LogP contribution in [0.2, 0.25) is 0 Å². The van der Waals surface area contributed by atoms with Crippen LogP contribution in [0.4, 0.5) is 0 Å². The Morgan fingerprint density at radius 2 is 2.10 bits per heavy atom. The zero-order valence-electron chi connectivity index (χ0n) is 11.9. The monoisotopic (exact) mass is 274 g/mol. The maximum atomic E-state index is 12.4. The fraction of sp³-hybridized carbons (Fsp3) is 0.333. The van der Waals surface area contributed by atoms with Crippen LogP contribution in [0.25, 0.3) is 0 Å². The van der Waals surface area contributed by atoms with Crippen molar-refractivity contribution in [3.05, 3.63) is 41.7 Å². The molecule has 0 aliphatic rings. The number of hydrogen-bond donors (Lipinski definition) is 0. The van der Waals surface area contributed by atoms with Crippen molar-refractivity contribution >= 4 is 5.78 Å². The molecule has 1 heterocycles. The second-order valence-electron chi connectivity index (χ2n) is 4.37. The molecule has 0 fully saturated rings. The molecule has 0 atom stereocenters. The Morgan fingerprint density at radius 3 is 2.70 bits per heavy atom. The molecule has 0 saturated heterocycles. The predicted octanol–water partition coefficient (Wildman–Crippen LogP) is 2.35. The number of benzene rings is 1. The van der Waals surface area contributed by atoms with Crippen LogP contribution in [0.15, 0.2) is 30.6 Å². The number of aryl methyl sites for hydroxylation is 1. The highest BCUT2D eigenvalue weighted by atomic mass is 16.5. The summed E-state index contributed by atoms with van der Waals surface area (Å²) in [5.41, 5.74) is 1.41. The Hall–Kier alpha value is -2.30. The molecule has 0 N–H and O–H groups in total. The lowest BCUT2D eigenvalue weighted by Crippen LogP contribution is -2.06. The predicted molar refractivity (Wildman–Crippen MR) is 75.5 cm³/mol. The van der Waals surface area contributed by atoms with Gasteiger partial charge in [-0.25, -0.2) is 0 Å². The lowest BCUT2D eigenvalue weighted by Gasteiger charge is -2.09. The van der Waals surface area contributed by atoms with E-state index in [2.05, 4.69) is 5.10 Å². The third-order valence-corrected chi connectivity index (χ3v) is 3.08. The summed E-state index contributed by atoms with van der Waals surface area (Å²) >= 11 is 0. The van der Waals surface area contributed by atoms with E-state index < -0.39 is 0 Å². The molecular formula is C15H18N2O3. The topological polar surface area (TPSA) is 53.4 Å². The molecular weight excluding hydrogens is 256 g/mol. The number of carbonyl (C=O) groups excluding carboxylic acids is 1. The van der Waals surface area contributed by atoms with Gasteiger partial charge in [-0.15, -0.1) is 0 Å². The second-order valence-corrected chi connectivity index (χ2v) is 4.37. The third kappa shape index (κ3) is 2.99. The Balaban J connectivity index is 2.23. The molecule has 0 spiro atoms. The van der Waals surface area contributed by atoms with E-state index in [0.717, 1.165) is 12.1 Å². The van der Waals surface area contributed by atoms with Gasteiger partial charge in [0, 0.05) is 19.2 Å². The number of Topliss-reactive ketones (excluding diaryl/α,β-unsaturated/α-hetero) is 1. The van der Waals surface area contributed by atoms with Gasteiger partial charge < -0.3 is 9.47 Å². The minimum absolute atomic E-state index is 0.0172. The largest absolute Gasteiger partial charge is 0.497 e. The maximum Gasteiger partial charge on any atom is 0.171 e. The summed E-state index contributed by atoms with van der Waals surface area (Å²) in [6.45, 7) is 2.79. The van der Waals surface area contributed by atoms with Crippen molar-refractivity contribution in [2.45, 2.75) is 19.9 Å². The molecule has 0 amide bonds. The summed E-state index contributed by atoms with van der Waals surface area (Å²) in [5, 5.41) is 4.17. The molecule has 0 saturated carbocycles. The number of carbonyl (C=O) groups is 1. The van der Waals surface area contributed by atoms with Gasteiger partial charge in [-0.1, -0.05) is 0 Å².